The van der Waals surface area contributed by atoms with Crippen LogP contribution in [-0.2, 0) is 9.53 Å². The molecule has 1 aliphatic heterocycles. The highest BCUT2D eigenvalue weighted by Gasteiger charge is 2.44. The van der Waals surface area contributed by atoms with E-state index in [0.717, 1.165) is 11.3 Å². The Balaban J connectivity index is 2.20. The lowest BCUT2D eigenvalue weighted by atomic mass is 9.99. The average Bonchev–Trinajstić information content (AvgIpc) is 2.86. The fourth-order valence-corrected chi connectivity index (χ4v) is 2.52. The van der Waals surface area contributed by atoms with Gasteiger partial charge in [0.15, 0.2) is 10.7 Å². The van der Waals surface area contributed by atoms with Crippen molar-refractivity contribution in [1.82, 2.24) is 10.3 Å². The van der Waals surface area contributed by atoms with E-state index < -0.39 is 17.4 Å². The summed E-state index contributed by atoms with van der Waals surface area (Å²) in [4.78, 5) is 27.5. The summed E-state index contributed by atoms with van der Waals surface area (Å²) < 4.78 is 5.06. The van der Waals surface area contributed by atoms with Gasteiger partial charge in [-0.3, -0.25) is 4.79 Å². The Morgan fingerprint density at radius 3 is 2.78 bits per heavy atom. The number of nitrogens with zero attached hydrogens (tertiary/aromatic N) is 1. The first-order valence-electron chi connectivity index (χ1n) is 5.31. The number of nitrogens with one attached hydrogen (secondary N) is 1. The van der Waals surface area contributed by atoms with Crippen LogP contribution in [0.4, 0.5) is 5.13 Å². The first-order chi connectivity index (χ1) is 8.44. The molecule has 7 nitrogen and oxygen atoms in total. The van der Waals surface area contributed by atoms with Gasteiger partial charge in [0.25, 0.3) is 5.91 Å². The van der Waals surface area contributed by atoms with Crippen molar-refractivity contribution in [2.75, 3.05) is 18.9 Å². The highest BCUT2D eigenvalue weighted by molar-refractivity contribution is 7.17. The van der Waals surface area contributed by atoms with E-state index in [0.29, 0.717) is 17.2 Å². The number of carboxylic acids is 1. The van der Waals surface area contributed by atoms with Crippen LogP contribution in [0.1, 0.15) is 21.8 Å². The normalized spacial score (nSPS) is 22.9. The summed E-state index contributed by atoms with van der Waals surface area (Å²) in [7, 11) is 0. The van der Waals surface area contributed by atoms with Gasteiger partial charge in [-0.2, -0.15) is 0 Å². The van der Waals surface area contributed by atoms with Gasteiger partial charge >= 0.3 is 5.97 Å². The second-order valence-corrected chi connectivity index (χ2v) is 5.14. The molecule has 0 aliphatic carbocycles. The van der Waals surface area contributed by atoms with Crippen molar-refractivity contribution in [2.45, 2.75) is 18.9 Å². The minimum atomic E-state index is -1.34. The molecular weight excluding hydrogens is 258 g/mol. The van der Waals surface area contributed by atoms with E-state index in [1.54, 1.807) is 6.92 Å². The van der Waals surface area contributed by atoms with Gasteiger partial charge in [-0.25, -0.2) is 9.78 Å². The van der Waals surface area contributed by atoms with Crippen LogP contribution in [0.5, 0.6) is 0 Å². The molecule has 1 atom stereocenters. The van der Waals surface area contributed by atoms with E-state index in [1.165, 1.54) is 0 Å². The Hall–Kier alpha value is -1.67. The molecule has 0 aromatic carbocycles. The number of nitrogen functional groups attached to an aromatic ring is 1. The van der Waals surface area contributed by atoms with Crippen LogP contribution in [0, 0.1) is 6.92 Å². The Kier molecular flexibility index (Phi) is 3.22. The number of aliphatic carboxylic acids is 1. The van der Waals surface area contributed by atoms with E-state index in [2.05, 4.69) is 10.3 Å². The third kappa shape index (κ3) is 2.16. The lowest BCUT2D eigenvalue weighted by Crippen LogP contribution is -2.55. The molecule has 1 saturated heterocycles. The molecule has 2 heterocycles. The molecule has 1 aromatic rings. The zero-order chi connectivity index (χ0) is 13.3. The van der Waals surface area contributed by atoms with Crippen LogP contribution in [0.2, 0.25) is 0 Å². The monoisotopic (exact) mass is 271 g/mol. The Labute approximate surface area is 107 Å². The van der Waals surface area contributed by atoms with Crippen molar-refractivity contribution in [2.24, 2.45) is 0 Å². The fourth-order valence-electron chi connectivity index (χ4n) is 1.79. The highest BCUT2D eigenvalue weighted by atomic mass is 32.1. The lowest BCUT2D eigenvalue weighted by molar-refractivity contribution is -0.144. The minimum Gasteiger partial charge on any atom is -0.479 e. The molecule has 18 heavy (non-hydrogen) atoms. The van der Waals surface area contributed by atoms with Crippen molar-refractivity contribution in [3.8, 4) is 0 Å². The van der Waals surface area contributed by atoms with Crippen molar-refractivity contribution in [1.29, 1.82) is 0 Å². The molecule has 1 unspecified atom stereocenters. The summed E-state index contributed by atoms with van der Waals surface area (Å²) in [5, 5.41) is 12.0. The van der Waals surface area contributed by atoms with E-state index in [4.69, 9.17) is 10.5 Å². The number of hydrogen-bond donors (Lipinski definition) is 3. The summed E-state index contributed by atoms with van der Waals surface area (Å²) >= 11 is 1.04. The van der Waals surface area contributed by atoms with Gasteiger partial charge < -0.3 is 20.9 Å². The fraction of sp³-hybridized carbons (Fsp3) is 0.500. The van der Waals surface area contributed by atoms with Gasteiger partial charge in [0.1, 0.15) is 4.88 Å². The highest BCUT2D eigenvalue weighted by Crippen LogP contribution is 2.23. The van der Waals surface area contributed by atoms with E-state index in [9.17, 15) is 14.7 Å². The maximum atomic E-state index is 12.0. The van der Waals surface area contributed by atoms with E-state index >= 15 is 0 Å². The standard InChI is InChI=1S/C10H13N3O4S/c1-5-6(18-9(11)12-5)7(14)13-10(8(15)16)2-3-17-4-10/h2-4H2,1H3,(H2,11,12)(H,13,14)(H,15,16). The van der Waals surface area contributed by atoms with Gasteiger partial charge in [0.05, 0.1) is 12.3 Å². The number of carboxylic acid groups (broad SMARTS) is 1. The number of thiazole rings is 1. The number of anilines is 1. The maximum absolute atomic E-state index is 12.0. The second kappa shape index (κ2) is 4.54. The number of carbonyl (C=O) groups excluding carboxylic acids is 1. The van der Waals surface area contributed by atoms with Gasteiger partial charge in [0, 0.05) is 13.0 Å². The number of carbonyl (C=O) groups is 2. The SMILES string of the molecule is Cc1nc(N)sc1C(=O)NC1(C(=O)O)CCOC1. The number of amides is 1. The number of nitrogens with two attached hydrogens (primary N) is 1. The summed E-state index contributed by atoms with van der Waals surface area (Å²) in [6.07, 6.45) is 0.251. The number of aryl methyl sites for hydroxylation is 1. The number of hydrogen-bond acceptors (Lipinski definition) is 6. The van der Waals surface area contributed by atoms with Crippen LogP contribution in [-0.4, -0.2) is 40.7 Å². The van der Waals surface area contributed by atoms with Crippen LogP contribution < -0.4 is 11.1 Å². The molecule has 8 heteroatoms. The van der Waals surface area contributed by atoms with E-state index in [-0.39, 0.29) is 18.2 Å². The second-order valence-electron chi connectivity index (χ2n) is 4.11. The zero-order valence-electron chi connectivity index (χ0n) is 9.73. The molecular formula is C10H13N3O4S. The van der Waals surface area contributed by atoms with Crippen molar-refractivity contribution in [3.05, 3.63) is 10.6 Å². The quantitative estimate of drug-likeness (QED) is 0.713. The molecule has 1 aliphatic rings. The third-order valence-corrected chi connectivity index (χ3v) is 3.79. The lowest BCUT2D eigenvalue weighted by Gasteiger charge is -2.23. The Morgan fingerprint density at radius 1 is 1.61 bits per heavy atom. The van der Waals surface area contributed by atoms with Gasteiger partial charge in [-0.1, -0.05) is 11.3 Å². The van der Waals surface area contributed by atoms with Crippen LogP contribution in [0.15, 0.2) is 0 Å². The largest absolute Gasteiger partial charge is 0.479 e. The Bertz CT molecular complexity index is 493. The van der Waals surface area contributed by atoms with Crippen molar-refractivity contribution in [3.63, 3.8) is 0 Å². The number of rotatable bonds is 3. The Morgan fingerprint density at radius 2 is 2.33 bits per heavy atom. The van der Waals surface area contributed by atoms with Gasteiger partial charge in [0.2, 0.25) is 0 Å². The molecule has 0 saturated carbocycles. The molecule has 98 valence electrons. The molecule has 1 aromatic heterocycles. The minimum absolute atomic E-state index is 0.0264. The first-order valence-corrected chi connectivity index (χ1v) is 6.13. The molecule has 4 N–H and O–H groups in total. The summed E-state index contributed by atoms with van der Waals surface area (Å²) in [6, 6.07) is 0. The summed E-state index contributed by atoms with van der Waals surface area (Å²) in [6.45, 7) is 1.94. The predicted molar refractivity (Wildman–Crippen MR) is 64.5 cm³/mol. The zero-order valence-corrected chi connectivity index (χ0v) is 10.5. The van der Waals surface area contributed by atoms with Crippen LogP contribution in [0.3, 0.4) is 0 Å². The van der Waals surface area contributed by atoms with E-state index in [1.807, 2.05) is 0 Å². The van der Waals surface area contributed by atoms with Gasteiger partial charge in [-0.15, -0.1) is 0 Å². The average molecular weight is 271 g/mol. The summed E-state index contributed by atoms with van der Waals surface area (Å²) in [5.74, 6) is -1.57. The maximum Gasteiger partial charge on any atom is 0.331 e. The molecule has 1 amide bonds. The molecule has 0 bridgehead atoms. The van der Waals surface area contributed by atoms with Crippen molar-refractivity contribution >= 4 is 28.3 Å². The van der Waals surface area contributed by atoms with Crippen LogP contribution in [0.25, 0.3) is 0 Å². The number of ether oxygens (including phenoxy) is 1. The first kappa shape index (κ1) is 12.8. The van der Waals surface area contributed by atoms with Crippen LogP contribution >= 0.6 is 11.3 Å². The molecule has 0 radical (unpaired) electrons. The third-order valence-electron chi connectivity index (χ3n) is 2.80. The number of aromatic nitrogens is 1. The molecule has 1 fully saturated rings. The molecule has 2 rings (SSSR count). The topological polar surface area (TPSA) is 115 Å². The molecule has 0 spiro atoms. The van der Waals surface area contributed by atoms with Gasteiger partial charge in [-0.05, 0) is 6.92 Å². The predicted octanol–water partition coefficient (Wildman–Crippen LogP) is 0.00722. The van der Waals surface area contributed by atoms with Crippen molar-refractivity contribution < 1.29 is 19.4 Å². The summed E-state index contributed by atoms with van der Waals surface area (Å²) in [5.41, 5.74) is 4.65. The smallest absolute Gasteiger partial charge is 0.331 e.